The number of hydrogen-bond acceptors (Lipinski definition) is 7. The van der Waals surface area contributed by atoms with E-state index in [1.807, 2.05) is 0 Å². The molecular weight excluding hydrogens is 402 g/mol. The number of ketones is 1. The van der Waals surface area contributed by atoms with E-state index in [-0.39, 0.29) is 24.1 Å². The highest BCUT2D eigenvalue weighted by molar-refractivity contribution is 6.14. The summed E-state index contributed by atoms with van der Waals surface area (Å²) in [5.41, 5.74) is 1.09. The van der Waals surface area contributed by atoms with Crippen LogP contribution in [0.15, 0.2) is 42.2 Å². The van der Waals surface area contributed by atoms with Crippen molar-refractivity contribution in [1.82, 2.24) is 4.90 Å². The molecule has 0 radical (unpaired) electrons. The number of carbonyl (C=O) groups excluding carboxylic acids is 2. The Kier molecular flexibility index (Phi) is 6.08. The number of nitrogens with zero attached hydrogens (tertiary/aromatic N) is 1. The van der Waals surface area contributed by atoms with Crippen molar-refractivity contribution in [3.63, 3.8) is 0 Å². The number of rotatable bonds is 6. The third-order valence-electron chi connectivity index (χ3n) is 5.09. The van der Waals surface area contributed by atoms with Gasteiger partial charge in [0.1, 0.15) is 23.0 Å². The summed E-state index contributed by atoms with van der Waals surface area (Å²) in [6.45, 7) is 2.11. The molecule has 2 aliphatic rings. The number of morpholine rings is 1. The second-order valence-electron chi connectivity index (χ2n) is 6.99. The Bertz CT molecular complexity index is 1020. The number of methoxy groups -OCH3 is 2. The molecule has 0 spiro atoms. The zero-order valence-electron chi connectivity index (χ0n) is 17.4. The highest BCUT2D eigenvalue weighted by Gasteiger charge is 2.28. The average molecular weight is 425 g/mol. The van der Waals surface area contributed by atoms with E-state index in [0.717, 1.165) is 0 Å². The largest absolute Gasteiger partial charge is 0.497 e. The molecule has 1 amide bonds. The van der Waals surface area contributed by atoms with E-state index in [1.165, 1.54) is 0 Å². The van der Waals surface area contributed by atoms with E-state index < -0.39 is 0 Å². The SMILES string of the molecule is COc1ccc(OC)c(C=C2Oc3cc(OCC(=O)N4CCOCC4)ccc3C2=O)c1. The molecule has 0 aliphatic carbocycles. The van der Waals surface area contributed by atoms with Crippen LogP contribution >= 0.6 is 0 Å². The molecule has 0 atom stereocenters. The Morgan fingerprint density at radius 1 is 1.06 bits per heavy atom. The lowest BCUT2D eigenvalue weighted by Crippen LogP contribution is -2.42. The molecule has 0 saturated carbocycles. The second-order valence-corrected chi connectivity index (χ2v) is 6.99. The van der Waals surface area contributed by atoms with E-state index in [0.29, 0.717) is 60.4 Å². The molecule has 8 nitrogen and oxygen atoms in total. The molecule has 1 fully saturated rings. The lowest BCUT2D eigenvalue weighted by Gasteiger charge is -2.26. The summed E-state index contributed by atoms with van der Waals surface area (Å²) in [5, 5.41) is 0. The Hall–Kier alpha value is -3.52. The van der Waals surface area contributed by atoms with Gasteiger partial charge in [-0.15, -0.1) is 0 Å². The van der Waals surface area contributed by atoms with E-state index >= 15 is 0 Å². The minimum absolute atomic E-state index is 0.0869. The normalized spacial score (nSPS) is 16.6. The molecule has 2 heterocycles. The van der Waals surface area contributed by atoms with Gasteiger partial charge in [0.25, 0.3) is 5.91 Å². The first-order chi connectivity index (χ1) is 15.1. The highest BCUT2D eigenvalue weighted by Crippen LogP contribution is 2.36. The Morgan fingerprint density at radius 3 is 2.58 bits per heavy atom. The zero-order chi connectivity index (χ0) is 21.8. The van der Waals surface area contributed by atoms with Crippen LogP contribution in [0, 0.1) is 0 Å². The first-order valence-corrected chi connectivity index (χ1v) is 9.87. The van der Waals surface area contributed by atoms with Gasteiger partial charge < -0.3 is 28.6 Å². The average Bonchev–Trinajstić information content (AvgIpc) is 3.12. The molecule has 0 unspecified atom stereocenters. The van der Waals surface area contributed by atoms with Gasteiger partial charge in [-0.25, -0.2) is 0 Å². The molecule has 1 saturated heterocycles. The van der Waals surface area contributed by atoms with Gasteiger partial charge in [0.05, 0.1) is 33.0 Å². The molecule has 0 N–H and O–H groups in total. The second kappa shape index (κ2) is 9.09. The van der Waals surface area contributed by atoms with E-state index in [2.05, 4.69) is 0 Å². The number of amides is 1. The highest BCUT2D eigenvalue weighted by atomic mass is 16.5. The third-order valence-corrected chi connectivity index (χ3v) is 5.09. The van der Waals surface area contributed by atoms with Crippen molar-refractivity contribution in [1.29, 1.82) is 0 Å². The maximum atomic E-state index is 12.8. The Balaban J connectivity index is 1.48. The van der Waals surface area contributed by atoms with Crippen molar-refractivity contribution in [2.45, 2.75) is 0 Å². The molecule has 0 bridgehead atoms. The quantitative estimate of drug-likeness (QED) is 0.658. The van der Waals surface area contributed by atoms with Gasteiger partial charge in [-0.3, -0.25) is 9.59 Å². The van der Waals surface area contributed by atoms with Crippen LogP contribution in [0.25, 0.3) is 6.08 Å². The predicted octanol–water partition coefficient (Wildman–Crippen LogP) is 2.56. The standard InChI is InChI=1S/C23H23NO7/c1-27-16-4-6-19(28-2)15(11-16)12-21-23(26)18-5-3-17(13-20(18)31-21)30-14-22(25)24-7-9-29-10-8-24/h3-6,11-13H,7-10,14H2,1-2H3. The summed E-state index contributed by atoms with van der Waals surface area (Å²) in [6, 6.07) is 10.2. The zero-order valence-corrected chi connectivity index (χ0v) is 17.4. The van der Waals surface area contributed by atoms with Crippen molar-refractivity contribution >= 4 is 17.8 Å². The van der Waals surface area contributed by atoms with Crippen molar-refractivity contribution in [2.75, 3.05) is 47.1 Å². The number of ether oxygens (including phenoxy) is 5. The van der Waals surface area contributed by atoms with Gasteiger partial charge in [0, 0.05) is 24.7 Å². The molecule has 0 aromatic heterocycles. The maximum absolute atomic E-state index is 12.8. The number of carbonyl (C=O) groups is 2. The fraction of sp³-hybridized carbons (Fsp3) is 0.304. The van der Waals surface area contributed by atoms with Crippen LogP contribution in [0.3, 0.4) is 0 Å². The topological polar surface area (TPSA) is 83.5 Å². The van der Waals surface area contributed by atoms with E-state index in [9.17, 15) is 9.59 Å². The van der Waals surface area contributed by atoms with Crippen LogP contribution in [0.4, 0.5) is 0 Å². The van der Waals surface area contributed by atoms with Crippen LogP contribution in [0.1, 0.15) is 15.9 Å². The molecule has 2 aromatic rings. The molecule has 4 rings (SSSR count). The molecule has 8 heteroatoms. The lowest BCUT2D eigenvalue weighted by atomic mass is 10.1. The Morgan fingerprint density at radius 2 is 1.84 bits per heavy atom. The van der Waals surface area contributed by atoms with Gasteiger partial charge in [-0.05, 0) is 36.4 Å². The fourth-order valence-electron chi connectivity index (χ4n) is 3.40. The van der Waals surface area contributed by atoms with Gasteiger partial charge in [0.2, 0.25) is 5.78 Å². The fourth-order valence-corrected chi connectivity index (χ4v) is 3.40. The Labute approximate surface area is 179 Å². The molecule has 162 valence electrons. The monoisotopic (exact) mass is 425 g/mol. The summed E-state index contributed by atoms with van der Waals surface area (Å²) in [7, 11) is 3.12. The molecular formula is C23H23NO7. The molecule has 31 heavy (non-hydrogen) atoms. The van der Waals surface area contributed by atoms with Crippen molar-refractivity contribution < 1.29 is 33.3 Å². The van der Waals surface area contributed by atoms with Crippen LogP contribution in [-0.4, -0.2) is 63.7 Å². The van der Waals surface area contributed by atoms with Crippen LogP contribution in [-0.2, 0) is 9.53 Å². The van der Waals surface area contributed by atoms with Gasteiger partial charge in [-0.2, -0.15) is 0 Å². The van der Waals surface area contributed by atoms with Crippen molar-refractivity contribution in [3.05, 3.63) is 53.3 Å². The lowest BCUT2D eigenvalue weighted by molar-refractivity contribution is -0.137. The van der Waals surface area contributed by atoms with Crippen molar-refractivity contribution in [3.8, 4) is 23.0 Å². The minimum Gasteiger partial charge on any atom is -0.497 e. The number of allylic oxidation sites excluding steroid dienone is 1. The van der Waals surface area contributed by atoms with Crippen LogP contribution in [0.5, 0.6) is 23.0 Å². The van der Waals surface area contributed by atoms with Crippen LogP contribution < -0.4 is 18.9 Å². The predicted molar refractivity (Wildman–Crippen MR) is 112 cm³/mol. The first kappa shape index (κ1) is 20.7. The van der Waals surface area contributed by atoms with E-state index in [1.54, 1.807) is 61.6 Å². The minimum atomic E-state index is -0.240. The summed E-state index contributed by atoms with van der Waals surface area (Å²) >= 11 is 0. The third kappa shape index (κ3) is 4.49. The summed E-state index contributed by atoms with van der Waals surface area (Å²) in [4.78, 5) is 26.7. The summed E-state index contributed by atoms with van der Waals surface area (Å²) in [6.07, 6.45) is 1.62. The smallest absolute Gasteiger partial charge is 0.260 e. The number of fused-ring (bicyclic) bond motifs is 1. The number of Topliss-reactive ketones (excluding diaryl/α,β-unsaturated/α-hetero) is 1. The number of benzene rings is 2. The maximum Gasteiger partial charge on any atom is 0.260 e. The van der Waals surface area contributed by atoms with E-state index in [4.69, 9.17) is 23.7 Å². The van der Waals surface area contributed by atoms with Gasteiger partial charge in [-0.1, -0.05) is 0 Å². The first-order valence-electron chi connectivity index (χ1n) is 9.87. The van der Waals surface area contributed by atoms with Gasteiger partial charge in [0.15, 0.2) is 12.4 Å². The van der Waals surface area contributed by atoms with Crippen LogP contribution in [0.2, 0.25) is 0 Å². The van der Waals surface area contributed by atoms with Crippen molar-refractivity contribution in [2.24, 2.45) is 0 Å². The number of hydrogen-bond donors (Lipinski definition) is 0. The summed E-state index contributed by atoms with van der Waals surface area (Å²) < 4.78 is 27.3. The molecule has 2 aliphatic heterocycles. The summed E-state index contributed by atoms with van der Waals surface area (Å²) in [5.74, 6) is 1.88. The van der Waals surface area contributed by atoms with Gasteiger partial charge >= 0.3 is 0 Å². The molecule has 2 aromatic carbocycles.